The Kier molecular flexibility index (Phi) is 7.57. The van der Waals surface area contributed by atoms with Crippen molar-refractivity contribution < 1.29 is 4.79 Å². The molecule has 24 heavy (non-hydrogen) atoms. The third-order valence-corrected chi connectivity index (χ3v) is 5.55. The van der Waals surface area contributed by atoms with Gasteiger partial charge in [-0.2, -0.15) is 0 Å². The Bertz CT molecular complexity index is 503. The number of halogens is 1. The number of rotatable bonds is 5. The van der Waals surface area contributed by atoms with Gasteiger partial charge in [-0.15, -0.1) is 12.4 Å². The first-order valence-electron chi connectivity index (χ1n) is 9.25. The maximum Gasteiger partial charge on any atom is 0.222 e. The number of nitrogens with one attached hydrogen (secondary N) is 1. The fourth-order valence-corrected chi connectivity index (χ4v) is 3.86. The fourth-order valence-electron chi connectivity index (χ4n) is 3.86. The molecule has 0 bridgehead atoms. The van der Waals surface area contributed by atoms with Crippen LogP contribution in [0, 0.1) is 18.8 Å². The van der Waals surface area contributed by atoms with Crippen LogP contribution in [0.2, 0.25) is 0 Å². The van der Waals surface area contributed by atoms with Gasteiger partial charge in [0, 0.05) is 19.5 Å². The lowest BCUT2D eigenvalue weighted by atomic mass is 9.90. The van der Waals surface area contributed by atoms with Crippen molar-refractivity contribution in [1.82, 2.24) is 10.2 Å². The molecule has 3 nitrogen and oxygen atoms in total. The summed E-state index contributed by atoms with van der Waals surface area (Å²) in [6, 6.07) is 8.91. The van der Waals surface area contributed by atoms with Gasteiger partial charge in [-0.05, 0) is 69.5 Å². The van der Waals surface area contributed by atoms with Gasteiger partial charge in [-0.25, -0.2) is 0 Å². The second-order valence-electron chi connectivity index (χ2n) is 7.41. The Balaban J connectivity index is 0.00000208. The molecule has 1 atom stereocenters. The van der Waals surface area contributed by atoms with E-state index in [2.05, 4.69) is 41.4 Å². The van der Waals surface area contributed by atoms with E-state index in [9.17, 15) is 4.79 Å². The van der Waals surface area contributed by atoms with Gasteiger partial charge < -0.3 is 10.2 Å². The Hall–Kier alpha value is -1.06. The molecule has 0 saturated carbocycles. The summed E-state index contributed by atoms with van der Waals surface area (Å²) < 4.78 is 0. The molecule has 1 amide bonds. The van der Waals surface area contributed by atoms with Gasteiger partial charge in [-0.3, -0.25) is 4.79 Å². The molecule has 2 fully saturated rings. The SMILES string of the molecule is Cc1ccc(CCC2CCN(C(=O)CC3CCNC3)CC2)cc1.Cl. The number of piperidine rings is 1. The zero-order valence-electron chi connectivity index (χ0n) is 14.8. The number of hydrogen-bond acceptors (Lipinski definition) is 2. The first-order chi connectivity index (χ1) is 11.2. The first kappa shape index (κ1) is 19.3. The number of carbonyl (C=O) groups is 1. The predicted molar refractivity (Wildman–Crippen MR) is 102 cm³/mol. The minimum absolute atomic E-state index is 0. The van der Waals surface area contributed by atoms with Crippen LogP contribution in [0.25, 0.3) is 0 Å². The highest BCUT2D eigenvalue weighted by Crippen LogP contribution is 2.24. The van der Waals surface area contributed by atoms with Gasteiger partial charge in [0.2, 0.25) is 5.91 Å². The standard InChI is InChI=1S/C20H30N2O.ClH/c1-16-2-4-17(5-3-16)6-7-18-9-12-22(13-10-18)20(23)14-19-8-11-21-15-19;/h2-5,18-19,21H,6-15H2,1H3;1H. The topological polar surface area (TPSA) is 32.3 Å². The van der Waals surface area contributed by atoms with Crippen molar-refractivity contribution >= 4 is 18.3 Å². The van der Waals surface area contributed by atoms with Gasteiger partial charge >= 0.3 is 0 Å². The third-order valence-electron chi connectivity index (χ3n) is 5.55. The van der Waals surface area contributed by atoms with E-state index in [4.69, 9.17) is 0 Å². The number of amides is 1. The summed E-state index contributed by atoms with van der Waals surface area (Å²) in [5.74, 6) is 1.74. The maximum atomic E-state index is 12.4. The van der Waals surface area contributed by atoms with Gasteiger partial charge in [-0.1, -0.05) is 29.8 Å². The van der Waals surface area contributed by atoms with Crippen molar-refractivity contribution in [2.24, 2.45) is 11.8 Å². The first-order valence-corrected chi connectivity index (χ1v) is 9.25. The third kappa shape index (κ3) is 5.49. The van der Waals surface area contributed by atoms with E-state index in [0.717, 1.165) is 38.5 Å². The molecule has 4 heteroatoms. The number of carbonyl (C=O) groups excluding carboxylic acids is 1. The van der Waals surface area contributed by atoms with Crippen LogP contribution < -0.4 is 5.32 Å². The fraction of sp³-hybridized carbons (Fsp3) is 0.650. The highest BCUT2D eigenvalue weighted by Gasteiger charge is 2.25. The minimum atomic E-state index is 0. The zero-order chi connectivity index (χ0) is 16.1. The molecule has 0 spiro atoms. The number of aryl methyl sites for hydroxylation is 2. The van der Waals surface area contributed by atoms with E-state index < -0.39 is 0 Å². The zero-order valence-corrected chi connectivity index (χ0v) is 15.6. The summed E-state index contributed by atoms with van der Waals surface area (Å²) in [7, 11) is 0. The average molecular weight is 351 g/mol. The van der Waals surface area contributed by atoms with Crippen LogP contribution >= 0.6 is 12.4 Å². The summed E-state index contributed by atoms with van der Waals surface area (Å²) >= 11 is 0. The molecule has 1 N–H and O–H groups in total. The molecule has 2 heterocycles. The van der Waals surface area contributed by atoms with Crippen LogP contribution in [0.15, 0.2) is 24.3 Å². The van der Waals surface area contributed by atoms with E-state index in [-0.39, 0.29) is 12.4 Å². The molecule has 2 aliphatic rings. The van der Waals surface area contributed by atoms with Gasteiger partial charge in [0.05, 0.1) is 0 Å². The van der Waals surface area contributed by atoms with Gasteiger partial charge in [0.15, 0.2) is 0 Å². The summed E-state index contributed by atoms with van der Waals surface area (Å²) in [4.78, 5) is 14.5. The van der Waals surface area contributed by atoms with Crippen molar-refractivity contribution in [3.8, 4) is 0 Å². The Morgan fingerprint density at radius 3 is 2.46 bits per heavy atom. The second kappa shape index (κ2) is 9.43. The minimum Gasteiger partial charge on any atom is -0.343 e. The highest BCUT2D eigenvalue weighted by molar-refractivity contribution is 5.85. The van der Waals surface area contributed by atoms with Gasteiger partial charge in [0.1, 0.15) is 0 Å². The molecular formula is C20H31ClN2O. The molecule has 2 aliphatic heterocycles. The molecule has 3 rings (SSSR count). The van der Waals surface area contributed by atoms with Crippen LogP contribution in [-0.4, -0.2) is 37.0 Å². The molecule has 1 aromatic carbocycles. The summed E-state index contributed by atoms with van der Waals surface area (Å²) in [6.45, 7) is 6.19. The summed E-state index contributed by atoms with van der Waals surface area (Å²) in [6.07, 6.45) is 6.71. The molecular weight excluding hydrogens is 320 g/mol. The van der Waals surface area contributed by atoms with Crippen LogP contribution in [0.5, 0.6) is 0 Å². The van der Waals surface area contributed by atoms with E-state index in [1.807, 2.05) is 0 Å². The molecule has 134 valence electrons. The molecule has 0 aliphatic carbocycles. The summed E-state index contributed by atoms with van der Waals surface area (Å²) in [5, 5.41) is 3.35. The monoisotopic (exact) mass is 350 g/mol. The van der Waals surface area contributed by atoms with Crippen LogP contribution in [0.1, 0.15) is 43.2 Å². The Morgan fingerprint density at radius 1 is 1.12 bits per heavy atom. The molecule has 1 aromatic rings. The molecule has 0 radical (unpaired) electrons. The number of benzene rings is 1. The molecule has 1 unspecified atom stereocenters. The van der Waals surface area contributed by atoms with E-state index in [1.165, 1.54) is 43.2 Å². The van der Waals surface area contributed by atoms with E-state index in [1.54, 1.807) is 0 Å². The second-order valence-corrected chi connectivity index (χ2v) is 7.41. The normalized spacial score (nSPS) is 21.5. The van der Waals surface area contributed by atoms with Crippen molar-refractivity contribution in [2.75, 3.05) is 26.2 Å². The van der Waals surface area contributed by atoms with Crippen LogP contribution in [-0.2, 0) is 11.2 Å². The highest BCUT2D eigenvalue weighted by atomic mass is 35.5. The van der Waals surface area contributed by atoms with E-state index in [0.29, 0.717) is 11.8 Å². The average Bonchev–Trinajstić information content (AvgIpc) is 3.08. The lowest BCUT2D eigenvalue weighted by Crippen LogP contribution is -2.39. The van der Waals surface area contributed by atoms with Crippen molar-refractivity contribution in [2.45, 2.75) is 45.4 Å². The Labute approximate surface area is 152 Å². The predicted octanol–water partition coefficient (Wildman–Crippen LogP) is 3.59. The van der Waals surface area contributed by atoms with Crippen LogP contribution in [0.3, 0.4) is 0 Å². The van der Waals surface area contributed by atoms with E-state index >= 15 is 0 Å². The number of nitrogens with zero attached hydrogens (tertiary/aromatic N) is 1. The molecule has 0 aromatic heterocycles. The Morgan fingerprint density at radius 2 is 1.83 bits per heavy atom. The number of hydrogen-bond donors (Lipinski definition) is 1. The van der Waals surface area contributed by atoms with Crippen molar-refractivity contribution in [3.05, 3.63) is 35.4 Å². The lowest BCUT2D eigenvalue weighted by molar-refractivity contribution is -0.133. The van der Waals surface area contributed by atoms with Gasteiger partial charge in [0.25, 0.3) is 0 Å². The quantitative estimate of drug-likeness (QED) is 0.880. The molecule has 2 saturated heterocycles. The largest absolute Gasteiger partial charge is 0.343 e. The maximum absolute atomic E-state index is 12.4. The van der Waals surface area contributed by atoms with Crippen molar-refractivity contribution in [1.29, 1.82) is 0 Å². The van der Waals surface area contributed by atoms with Crippen LogP contribution in [0.4, 0.5) is 0 Å². The van der Waals surface area contributed by atoms with Crippen molar-refractivity contribution in [3.63, 3.8) is 0 Å². The smallest absolute Gasteiger partial charge is 0.222 e. The number of likely N-dealkylation sites (tertiary alicyclic amines) is 1. The summed E-state index contributed by atoms with van der Waals surface area (Å²) in [5.41, 5.74) is 2.78. The lowest BCUT2D eigenvalue weighted by Gasteiger charge is -2.32.